The summed E-state index contributed by atoms with van der Waals surface area (Å²) in [6.45, 7) is 1.83. The van der Waals surface area contributed by atoms with Gasteiger partial charge in [0.15, 0.2) is 0 Å². The number of para-hydroxylation sites is 1. The van der Waals surface area contributed by atoms with Crippen LogP contribution in [0.25, 0.3) is 10.9 Å². The Morgan fingerprint density at radius 3 is 2.81 bits per heavy atom. The van der Waals surface area contributed by atoms with Crippen LogP contribution in [-0.2, 0) is 13.0 Å². The van der Waals surface area contributed by atoms with Crippen molar-refractivity contribution in [2.45, 2.75) is 25.9 Å². The molecule has 0 aliphatic carbocycles. The van der Waals surface area contributed by atoms with Crippen LogP contribution in [0.3, 0.4) is 0 Å². The fourth-order valence-electron chi connectivity index (χ4n) is 3.63. The molecule has 0 unspecified atom stereocenters. The molecule has 0 bridgehead atoms. The highest BCUT2D eigenvalue weighted by molar-refractivity contribution is 6.03. The molecule has 0 radical (unpaired) electrons. The van der Waals surface area contributed by atoms with Gasteiger partial charge in [-0.15, -0.1) is 0 Å². The maximum Gasteiger partial charge on any atom is 0.267 e. The largest absolute Gasteiger partial charge is 0.506 e. The molecular weight excluding hydrogens is 335 g/mol. The molecule has 1 aliphatic rings. The van der Waals surface area contributed by atoms with Gasteiger partial charge in [0.05, 0.1) is 5.52 Å². The van der Waals surface area contributed by atoms with Gasteiger partial charge in [0.2, 0.25) is 0 Å². The minimum Gasteiger partial charge on any atom is -0.506 e. The van der Waals surface area contributed by atoms with E-state index in [0.717, 1.165) is 5.56 Å². The van der Waals surface area contributed by atoms with Crippen molar-refractivity contribution >= 4 is 16.8 Å². The van der Waals surface area contributed by atoms with Crippen molar-refractivity contribution in [2.24, 2.45) is 0 Å². The second kappa shape index (κ2) is 5.98. The summed E-state index contributed by atoms with van der Waals surface area (Å²) in [5.74, 6) is -1.49. The Morgan fingerprint density at radius 1 is 1.27 bits per heavy atom. The molecule has 132 valence electrons. The third kappa shape index (κ3) is 2.37. The van der Waals surface area contributed by atoms with Crippen molar-refractivity contribution in [1.29, 1.82) is 0 Å². The summed E-state index contributed by atoms with van der Waals surface area (Å²) in [6, 6.07) is 11.4. The molecule has 2 aromatic carbocycles. The first-order chi connectivity index (χ1) is 12.5. The van der Waals surface area contributed by atoms with Crippen LogP contribution in [0.4, 0.5) is 4.39 Å². The predicted molar refractivity (Wildman–Crippen MR) is 95.9 cm³/mol. The van der Waals surface area contributed by atoms with Crippen molar-refractivity contribution in [3.8, 4) is 5.75 Å². The molecule has 0 saturated heterocycles. The Morgan fingerprint density at radius 2 is 2.04 bits per heavy atom. The number of benzene rings is 2. The maximum absolute atomic E-state index is 13.7. The first kappa shape index (κ1) is 16.3. The lowest BCUT2D eigenvalue weighted by atomic mass is 10.1. The number of rotatable bonds is 3. The first-order valence-electron chi connectivity index (χ1n) is 8.39. The summed E-state index contributed by atoms with van der Waals surface area (Å²) < 4.78 is 15.3. The van der Waals surface area contributed by atoms with Gasteiger partial charge in [0.25, 0.3) is 11.5 Å². The Labute approximate surface area is 148 Å². The number of pyridine rings is 1. The Balaban J connectivity index is 1.77. The molecule has 1 atom stereocenters. The maximum atomic E-state index is 13.7. The number of aromatic hydroxyl groups is 1. The van der Waals surface area contributed by atoms with E-state index < -0.39 is 17.3 Å². The molecular formula is C20H17FN2O3. The third-order valence-corrected chi connectivity index (χ3v) is 4.87. The number of aromatic nitrogens is 1. The minimum atomic E-state index is -0.717. The number of carbonyl (C=O) groups is 1. The van der Waals surface area contributed by atoms with Gasteiger partial charge >= 0.3 is 0 Å². The summed E-state index contributed by atoms with van der Waals surface area (Å²) in [7, 11) is 0. The van der Waals surface area contributed by atoms with Crippen LogP contribution in [0.1, 0.15) is 34.5 Å². The average Bonchev–Trinajstić information content (AvgIpc) is 2.96. The Hall–Kier alpha value is -3.15. The normalized spacial score (nSPS) is 15.4. The number of hydrogen-bond donors (Lipinski definition) is 2. The lowest BCUT2D eigenvalue weighted by Gasteiger charge is -2.14. The van der Waals surface area contributed by atoms with Crippen molar-refractivity contribution in [1.82, 2.24) is 9.88 Å². The van der Waals surface area contributed by atoms with Crippen LogP contribution < -0.4 is 10.9 Å². The van der Waals surface area contributed by atoms with Crippen LogP contribution in [0.15, 0.2) is 47.3 Å². The molecule has 1 aliphatic heterocycles. The van der Waals surface area contributed by atoms with Crippen LogP contribution in [0.2, 0.25) is 0 Å². The van der Waals surface area contributed by atoms with Crippen molar-refractivity contribution in [3.63, 3.8) is 0 Å². The van der Waals surface area contributed by atoms with E-state index >= 15 is 0 Å². The monoisotopic (exact) mass is 352 g/mol. The van der Waals surface area contributed by atoms with Crippen molar-refractivity contribution in [2.75, 3.05) is 0 Å². The molecule has 5 nitrogen and oxygen atoms in total. The fourth-order valence-corrected chi connectivity index (χ4v) is 3.63. The second-order valence-electron chi connectivity index (χ2n) is 6.54. The van der Waals surface area contributed by atoms with E-state index in [1.54, 1.807) is 34.9 Å². The van der Waals surface area contributed by atoms with Gasteiger partial charge in [0, 0.05) is 23.5 Å². The molecule has 3 aromatic rings. The van der Waals surface area contributed by atoms with E-state index in [9.17, 15) is 19.1 Å². The van der Waals surface area contributed by atoms with Crippen molar-refractivity contribution < 1.29 is 14.3 Å². The number of nitrogens with zero attached hydrogens (tertiary/aromatic N) is 1. The van der Waals surface area contributed by atoms with E-state index in [-0.39, 0.29) is 23.9 Å². The lowest BCUT2D eigenvalue weighted by Crippen LogP contribution is -2.33. The minimum absolute atomic E-state index is 0.0714. The van der Waals surface area contributed by atoms with Gasteiger partial charge in [-0.3, -0.25) is 9.59 Å². The summed E-state index contributed by atoms with van der Waals surface area (Å²) in [5, 5.41) is 13.6. The summed E-state index contributed by atoms with van der Waals surface area (Å²) in [5.41, 5.74) is 1.12. The highest BCUT2D eigenvalue weighted by Gasteiger charge is 2.29. The zero-order valence-electron chi connectivity index (χ0n) is 14.1. The smallest absolute Gasteiger partial charge is 0.267 e. The SMILES string of the molecule is C[C@H]1Cc2cccc3c(O)c(C(=O)NCc4ccccc4F)c(=O)n1c23. The van der Waals surface area contributed by atoms with Crippen LogP contribution >= 0.6 is 0 Å². The molecule has 6 heteroatoms. The molecule has 0 fully saturated rings. The lowest BCUT2D eigenvalue weighted by molar-refractivity contribution is 0.0946. The first-order valence-corrected chi connectivity index (χ1v) is 8.39. The molecule has 2 N–H and O–H groups in total. The molecule has 1 amide bonds. The average molecular weight is 352 g/mol. The quantitative estimate of drug-likeness (QED) is 0.761. The Bertz CT molecular complexity index is 1100. The van der Waals surface area contributed by atoms with Crippen LogP contribution in [0.5, 0.6) is 5.75 Å². The molecule has 2 heterocycles. The topological polar surface area (TPSA) is 71.3 Å². The van der Waals surface area contributed by atoms with Gasteiger partial charge in [0.1, 0.15) is 17.1 Å². The van der Waals surface area contributed by atoms with Gasteiger partial charge in [-0.05, 0) is 31.0 Å². The van der Waals surface area contributed by atoms with Gasteiger partial charge < -0.3 is 15.0 Å². The standard InChI is InChI=1S/C20H17FN2O3/c1-11-9-12-6-4-7-14-17(12)23(11)20(26)16(18(14)24)19(25)22-10-13-5-2-3-8-15(13)21/h2-8,11,24H,9-10H2,1H3,(H,22,25)/t11-/m0/s1. The molecule has 1 aromatic heterocycles. The zero-order chi connectivity index (χ0) is 18.4. The van der Waals surface area contributed by atoms with E-state index in [2.05, 4.69) is 5.32 Å². The fraction of sp³-hybridized carbons (Fsp3) is 0.200. The van der Waals surface area contributed by atoms with Crippen molar-refractivity contribution in [3.05, 3.63) is 75.3 Å². The van der Waals surface area contributed by atoms with E-state index in [4.69, 9.17) is 0 Å². The molecule has 0 spiro atoms. The van der Waals surface area contributed by atoms with E-state index in [1.165, 1.54) is 6.07 Å². The molecule has 26 heavy (non-hydrogen) atoms. The summed E-state index contributed by atoms with van der Waals surface area (Å²) in [6.07, 6.45) is 0.673. The second-order valence-corrected chi connectivity index (χ2v) is 6.54. The van der Waals surface area contributed by atoms with Crippen LogP contribution in [0, 0.1) is 5.82 Å². The van der Waals surface area contributed by atoms with Gasteiger partial charge in [-0.2, -0.15) is 0 Å². The number of carbonyl (C=O) groups excluding carboxylic acids is 1. The van der Waals surface area contributed by atoms with Crippen LogP contribution in [-0.4, -0.2) is 15.6 Å². The highest BCUT2D eigenvalue weighted by atomic mass is 19.1. The van der Waals surface area contributed by atoms with E-state index in [1.807, 2.05) is 13.0 Å². The summed E-state index contributed by atoms with van der Waals surface area (Å²) >= 11 is 0. The highest BCUT2D eigenvalue weighted by Crippen LogP contribution is 2.35. The molecule has 4 rings (SSSR count). The Kier molecular flexibility index (Phi) is 3.76. The number of hydrogen-bond acceptors (Lipinski definition) is 3. The predicted octanol–water partition coefficient (Wildman–Crippen LogP) is 2.89. The molecule has 0 saturated carbocycles. The van der Waals surface area contributed by atoms with Gasteiger partial charge in [-0.1, -0.05) is 30.3 Å². The third-order valence-electron chi connectivity index (χ3n) is 4.87. The van der Waals surface area contributed by atoms with Gasteiger partial charge in [-0.25, -0.2) is 4.39 Å². The summed E-state index contributed by atoms with van der Waals surface area (Å²) in [4.78, 5) is 25.5. The van der Waals surface area contributed by atoms with E-state index in [0.29, 0.717) is 22.9 Å². The number of amides is 1. The number of halogens is 1. The zero-order valence-corrected chi connectivity index (χ0v) is 14.1. The number of nitrogens with one attached hydrogen (secondary N) is 1.